The van der Waals surface area contributed by atoms with Gasteiger partial charge in [0.2, 0.25) is 0 Å². The molecule has 12 heavy (non-hydrogen) atoms. The van der Waals surface area contributed by atoms with Gasteiger partial charge in [-0.25, -0.2) is 8.78 Å². The fourth-order valence-electron chi connectivity index (χ4n) is 0.719. The molecule has 0 aliphatic rings. The zero-order valence-electron chi connectivity index (χ0n) is 5.67. The molecule has 0 aliphatic carbocycles. The molecule has 0 saturated carbocycles. The Kier molecular flexibility index (Phi) is 3.32. The standard InChI is InChI=1S/C7H3BrCl2F2/c8-2-3-1-4(11)7(12)6(10)5(3)9/h1H,2H2. The molecule has 0 aromatic heterocycles. The average molecular weight is 276 g/mol. The van der Waals surface area contributed by atoms with Gasteiger partial charge in [-0.3, -0.25) is 0 Å². The van der Waals surface area contributed by atoms with E-state index in [-0.39, 0.29) is 10.0 Å². The van der Waals surface area contributed by atoms with Crippen molar-refractivity contribution in [1.29, 1.82) is 0 Å². The highest BCUT2D eigenvalue weighted by Crippen LogP contribution is 2.31. The van der Waals surface area contributed by atoms with Crippen molar-refractivity contribution in [3.63, 3.8) is 0 Å². The van der Waals surface area contributed by atoms with Gasteiger partial charge in [-0.1, -0.05) is 39.1 Å². The van der Waals surface area contributed by atoms with Gasteiger partial charge in [0.25, 0.3) is 0 Å². The molecule has 0 fully saturated rings. The van der Waals surface area contributed by atoms with Gasteiger partial charge in [0.15, 0.2) is 11.6 Å². The number of hydrogen-bond acceptors (Lipinski definition) is 0. The molecule has 0 bridgehead atoms. The fourth-order valence-corrected chi connectivity index (χ4v) is 1.74. The predicted molar refractivity (Wildman–Crippen MR) is 49.0 cm³/mol. The van der Waals surface area contributed by atoms with Gasteiger partial charge in [-0.05, 0) is 11.6 Å². The Balaban J connectivity index is 3.39. The van der Waals surface area contributed by atoms with Gasteiger partial charge in [0.1, 0.15) is 0 Å². The molecular formula is C7H3BrCl2F2. The van der Waals surface area contributed by atoms with Crippen LogP contribution in [0.15, 0.2) is 6.07 Å². The largest absolute Gasteiger partial charge is 0.204 e. The average Bonchev–Trinajstić information content (AvgIpc) is 2.08. The molecule has 1 aromatic rings. The minimum atomic E-state index is -1.11. The summed E-state index contributed by atoms with van der Waals surface area (Å²) in [6, 6.07) is 1.01. The summed E-state index contributed by atoms with van der Waals surface area (Å²) in [7, 11) is 0. The fraction of sp³-hybridized carbons (Fsp3) is 0.143. The van der Waals surface area contributed by atoms with Crippen LogP contribution in [0.25, 0.3) is 0 Å². The van der Waals surface area contributed by atoms with E-state index >= 15 is 0 Å². The number of hydrogen-bond donors (Lipinski definition) is 0. The normalized spacial score (nSPS) is 10.4. The molecular weight excluding hydrogens is 273 g/mol. The van der Waals surface area contributed by atoms with Gasteiger partial charge >= 0.3 is 0 Å². The second-order valence-electron chi connectivity index (χ2n) is 2.09. The minimum Gasteiger partial charge on any atom is -0.204 e. The lowest BCUT2D eigenvalue weighted by molar-refractivity contribution is 0.508. The van der Waals surface area contributed by atoms with E-state index in [0.717, 1.165) is 6.07 Å². The Labute approximate surface area is 86.6 Å². The number of alkyl halides is 1. The number of halogens is 5. The smallest absolute Gasteiger partial charge is 0.178 e. The Morgan fingerprint density at radius 3 is 2.33 bits per heavy atom. The first-order valence-electron chi connectivity index (χ1n) is 2.95. The molecule has 1 aromatic carbocycles. The molecule has 0 radical (unpaired) electrons. The van der Waals surface area contributed by atoms with Gasteiger partial charge < -0.3 is 0 Å². The highest BCUT2D eigenvalue weighted by Gasteiger charge is 2.14. The van der Waals surface area contributed by atoms with Crippen LogP contribution in [0.3, 0.4) is 0 Å². The van der Waals surface area contributed by atoms with Crippen molar-refractivity contribution >= 4 is 39.1 Å². The van der Waals surface area contributed by atoms with Crippen molar-refractivity contribution in [3.05, 3.63) is 33.3 Å². The molecule has 0 saturated heterocycles. The molecule has 0 amide bonds. The summed E-state index contributed by atoms with van der Waals surface area (Å²) in [4.78, 5) is 0. The van der Waals surface area contributed by atoms with Crippen LogP contribution < -0.4 is 0 Å². The second kappa shape index (κ2) is 3.90. The molecule has 0 aliphatic heterocycles. The van der Waals surface area contributed by atoms with Crippen LogP contribution in [0.2, 0.25) is 10.0 Å². The van der Waals surface area contributed by atoms with Crippen LogP contribution in [-0.2, 0) is 5.33 Å². The molecule has 66 valence electrons. The molecule has 0 heterocycles. The lowest BCUT2D eigenvalue weighted by Gasteiger charge is -2.03. The van der Waals surface area contributed by atoms with E-state index in [1.54, 1.807) is 0 Å². The van der Waals surface area contributed by atoms with Crippen LogP contribution in [0, 0.1) is 11.6 Å². The third kappa shape index (κ3) is 1.73. The van der Waals surface area contributed by atoms with E-state index in [1.165, 1.54) is 0 Å². The molecule has 1 rings (SSSR count). The van der Waals surface area contributed by atoms with E-state index in [0.29, 0.717) is 10.9 Å². The van der Waals surface area contributed by atoms with Crippen LogP contribution in [0.4, 0.5) is 8.78 Å². The summed E-state index contributed by atoms with van der Waals surface area (Å²) in [6.07, 6.45) is 0. The maximum absolute atomic E-state index is 12.7. The van der Waals surface area contributed by atoms with Gasteiger partial charge in [0, 0.05) is 5.33 Å². The minimum absolute atomic E-state index is 0.0486. The number of benzene rings is 1. The van der Waals surface area contributed by atoms with E-state index in [9.17, 15) is 8.78 Å². The summed E-state index contributed by atoms with van der Waals surface area (Å²) in [5.41, 5.74) is 0.431. The van der Waals surface area contributed by atoms with Crippen molar-refractivity contribution in [2.75, 3.05) is 0 Å². The van der Waals surface area contributed by atoms with Crippen molar-refractivity contribution < 1.29 is 8.78 Å². The quantitative estimate of drug-likeness (QED) is 0.410. The lowest BCUT2D eigenvalue weighted by Crippen LogP contribution is -1.91. The molecule has 0 atom stereocenters. The molecule has 0 N–H and O–H groups in total. The zero-order valence-corrected chi connectivity index (χ0v) is 8.77. The van der Waals surface area contributed by atoms with Crippen LogP contribution in [-0.4, -0.2) is 0 Å². The monoisotopic (exact) mass is 274 g/mol. The van der Waals surface area contributed by atoms with Crippen LogP contribution in [0.1, 0.15) is 5.56 Å². The SMILES string of the molecule is Fc1cc(CBr)c(Cl)c(Cl)c1F. The Morgan fingerprint density at radius 2 is 1.83 bits per heavy atom. The topological polar surface area (TPSA) is 0 Å². The van der Waals surface area contributed by atoms with Gasteiger partial charge in [0.05, 0.1) is 10.0 Å². The first-order valence-corrected chi connectivity index (χ1v) is 4.83. The van der Waals surface area contributed by atoms with E-state index < -0.39 is 11.6 Å². The molecule has 0 unspecified atom stereocenters. The second-order valence-corrected chi connectivity index (χ2v) is 3.41. The summed E-state index contributed by atoms with van der Waals surface area (Å²) in [5, 5.41) is 0.0153. The first kappa shape index (κ1) is 10.2. The van der Waals surface area contributed by atoms with Gasteiger partial charge in [-0.15, -0.1) is 0 Å². The summed E-state index contributed by atoms with van der Waals surface area (Å²) in [5.74, 6) is -2.09. The lowest BCUT2D eigenvalue weighted by atomic mass is 10.2. The van der Waals surface area contributed by atoms with Crippen molar-refractivity contribution in [2.45, 2.75) is 5.33 Å². The first-order chi connectivity index (χ1) is 5.57. The summed E-state index contributed by atoms with van der Waals surface area (Å²) < 4.78 is 25.4. The van der Waals surface area contributed by atoms with E-state index in [4.69, 9.17) is 23.2 Å². The Bertz CT molecular complexity index is 315. The van der Waals surface area contributed by atoms with Crippen LogP contribution >= 0.6 is 39.1 Å². The van der Waals surface area contributed by atoms with Crippen molar-refractivity contribution in [3.8, 4) is 0 Å². The predicted octanol–water partition coefficient (Wildman–Crippen LogP) is 4.17. The Morgan fingerprint density at radius 1 is 1.25 bits per heavy atom. The van der Waals surface area contributed by atoms with Crippen LogP contribution in [0.5, 0.6) is 0 Å². The van der Waals surface area contributed by atoms with Crippen molar-refractivity contribution in [2.24, 2.45) is 0 Å². The maximum Gasteiger partial charge on any atom is 0.178 e. The van der Waals surface area contributed by atoms with E-state index in [1.807, 2.05) is 0 Å². The maximum atomic E-state index is 12.7. The summed E-state index contributed by atoms with van der Waals surface area (Å²) in [6.45, 7) is 0. The van der Waals surface area contributed by atoms with Crippen molar-refractivity contribution in [1.82, 2.24) is 0 Å². The summed E-state index contributed by atoms with van der Waals surface area (Å²) >= 11 is 14.1. The highest BCUT2D eigenvalue weighted by molar-refractivity contribution is 9.08. The van der Waals surface area contributed by atoms with Gasteiger partial charge in [-0.2, -0.15) is 0 Å². The number of rotatable bonds is 1. The molecule has 5 heteroatoms. The van der Waals surface area contributed by atoms with E-state index in [2.05, 4.69) is 15.9 Å². The molecule has 0 spiro atoms. The highest BCUT2D eigenvalue weighted by atomic mass is 79.9. The third-order valence-electron chi connectivity index (χ3n) is 1.32. The zero-order chi connectivity index (χ0) is 9.30. The third-order valence-corrected chi connectivity index (χ3v) is 2.81. The Hall–Kier alpha value is 0.140. The molecule has 0 nitrogen and oxygen atoms in total.